The maximum atomic E-state index is 12.5. The Balaban J connectivity index is 1.44. The quantitative estimate of drug-likeness (QED) is 0.264. The van der Waals surface area contributed by atoms with Gasteiger partial charge in [-0.15, -0.1) is 10.2 Å². The summed E-state index contributed by atoms with van der Waals surface area (Å²) in [5, 5.41) is 23.1. The highest BCUT2D eigenvalue weighted by molar-refractivity contribution is 7.15. The van der Waals surface area contributed by atoms with Crippen LogP contribution in [0.4, 0.5) is 10.8 Å². The van der Waals surface area contributed by atoms with Gasteiger partial charge in [0.15, 0.2) is 0 Å². The number of nitrogens with zero attached hydrogens (tertiary/aromatic N) is 4. The van der Waals surface area contributed by atoms with Gasteiger partial charge in [-0.1, -0.05) is 30.7 Å². The molecule has 2 heterocycles. The Morgan fingerprint density at radius 2 is 2.00 bits per heavy atom. The van der Waals surface area contributed by atoms with Crippen LogP contribution < -0.4 is 5.32 Å². The average Bonchev–Trinajstić information content (AvgIpc) is 3.25. The molecule has 1 N–H and O–H groups in total. The lowest BCUT2D eigenvalue weighted by atomic mass is 10.1. The molecule has 3 rings (SSSR count). The maximum Gasteiger partial charge on any atom is 0.282 e. The van der Waals surface area contributed by atoms with Crippen molar-refractivity contribution in [2.45, 2.75) is 45.4 Å². The van der Waals surface area contributed by atoms with Gasteiger partial charge in [0.2, 0.25) is 11.0 Å². The molecule has 0 radical (unpaired) electrons. The van der Waals surface area contributed by atoms with E-state index in [1.807, 2.05) is 6.92 Å². The molecule has 3 amide bonds. The summed E-state index contributed by atoms with van der Waals surface area (Å²) in [6, 6.07) is 4.04. The largest absolute Gasteiger partial charge is 0.301 e. The van der Waals surface area contributed by atoms with Gasteiger partial charge in [-0.25, -0.2) is 0 Å². The van der Waals surface area contributed by atoms with Crippen LogP contribution in [0.5, 0.6) is 0 Å². The van der Waals surface area contributed by atoms with Crippen molar-refractivity contribution in [2.75, 3.05) is 11.9 Å². The molecule has 0 bridgehead atoms. The van der Waals surface area contributed by atoms with E-state index in [-0.39, 0.29) is 35.7 Å². The first kappa shape index (κ1) is 21.5. The molecule has 0 unspecified atom stereocenters. The van der Waals surface area contributed by atoms with Crippen molar-refractivity contribution in [3.63, 3.8) is 0 Å². The summed E-state index contributed by atoms with van der Waals surface area (Å²) in [6.07, 6.45) is 3.79. The van der Waals surface area contributed by atoms with Crippen molar-refractivity contribution in [3.8, 4) is 0 Å². The van der Waals surface area contributed by atoms with E-state index in [1.165, 1.54) is 29.5 Å². The van der Waals surface area contributed by atoms with Gasteiger partial charge in [0.05, 0.1) is 10.5 Å². The average molecular weight is 431 g/mol. The van der Waals surface area contributed by atoms with Crippen molar-refractivity contribution >= 4 is 39.9 Å². The second-order valence-electron chi connectivity index (χ2n) is 6.83. The third kappa shape index (κ3) is 4.67. The van der Waals surface area contributed by atoms with Gasteiger partial charge in [0, 0.05) is 25.5 Å². The fourth-order valence-corrected chi connectivity index (χ4v) is 4.06. The van der Waals surface area contributed by atoms with Crippen LogP contribution in [0.1, 0.15) is 64.8 Å². The van der Waals surface area contributed by atoms with Crippen LogP contribution in [-0.2, 0) is 11.2 Å². The molecule has 0 atom stereocenters. The Bertz CT molecular complexity index is 989. The third-order valence-corrected chi connectivity index (χ3v) is 5.53. The lowest BCUT2D eigenvalue weighted by Gasteiger charge is -2.13. The van der Waals surface area contributed by atoms with E-state index in [0.717, 1.165) is 22.7 Å². The maximum absolute atomic E-state index is 12.5. The van der Waals surface area contributed by atoms with Crippen molar-refractivity contribution < 1.29 is 19.3 Å². The molecule has 158 valence electrons. The number of fused-ring (bicyclic) bond motifs is 1. The number of nitro groups is 1. The highest BCUT2D eigenvalue weighted by atomic mass is 32.1. The molecule has 1 aromatic heterocycles. The van der Waals surface area contributed by atoms with Crippen LogP contribution in [0.3, 0.4) is 0 Å². The van der Waals surface area contributed by atoms with Gasteiger partial charge < -0.3 is 5.32 Å². The van der Waals surface area contributed by atoms with Crippen LogP contribution in [0.25, 0.3) is 0 Å². The molecule has 0 aliphatic carbocycles. The summed E-state index contributed by atoms with van der Waals surface area (Å²) in [6.45, 7) is 2.20. The molecule has 1 aliphatic heterocycles. The number of hydrogen-bond acceptors (Lipinski definition) is 8. The van der Waals surface area contributed by atoms with Gasteiger partial charge >= 0.3 is 0 Å². The molecule has 0 saturated carbocycles. The zero-order chi connectivity index (χ0) is 21.7. The minimum atomic E-state index is -0.657. The van der Waals surface area contributed by atoms with E-state index in [0.29, 0.717) is 24.4 Å². The highest BCUT2D eigenvalue weighted by Crippen LogP contribution is 2.30. The number of anilines is 1. The Kier molecular flexibility index (Phi) is 6.83. The van der Waals surface area contributed by atoms with Crippen LogP contribution in [-0.4, -0.2) is 44.3 Å². The van der Waals surface area contributed by atoms with Crippen molar-refractivity contribution in [1.29, 1.82) is 0 Å². The fourth-order valence-electron chi connectivity index (χ4n) is 3.20. The van der Waals surface area contributed by atoms with Crippen LogP contribution in [0, 0.1) is 10.1 Å². The summed E-state index contributed by atoms with van der Waals surface area (Å²) in [5.74, 6) is -1.32. The second kappa shape index (κ2) is 9.53. The zero-order valence-electron chi connectivity index (χ0n) is 16.4. The molecule has 30 heavy (non-hydrogen) atoms. The molecule has 0 fully saturated rings. The Hall–Kier alpha value is -3.21. The standard InChI is InChI=1S/C19H21N5O5S/c1-2-7-15-21-22-19(30-15)20-14(25)10-4-3-5-11-23-17(26)12-8-6-9-13(24(28)29)16(12)18(23)27/h6,8-9H,2-5,7,10-11H2,1H3,(H,20,22,25). The second-order valence-corrected chi connectivity index (χ2v) is 7.89. The van der Waals surface area contributed by atoms with Gasteiger partial charge in [-0.05, 0) is 25.3 Å². The predicted molar refractivity (Wildman–Crippen MR) is 109 cm³/mol. The Morgan fingerprint density at radius 1 is 1.20 bits per heavy atom. The number of nitrogens with one attached hydrogen (secondary N) is 1. The fraction of sp³-hybridized carbons (Fsp3) is 0.421. The monoisotopic (exact) mass is 431 g/mol. The first-order valence-electron chi connectivity index (χ1n) is 9.68. The minimum Gasteiger partial charge on any atom is -0.301 e. The van der Waals surface area contributed by atoms with Crippen molar-refractivity contribution in [3.05, 3.63) is 44.4 Å². The molecular weight excluding hydrogens is 410 g/mol. The number of aromatic nitrogens is 2. The van der Waals surface area contributed by atoms with Crippen molar-refractivity contribution in [2.24, 2.45) is 0 Å². The van der Waals surface area contributed by atoms with E-state index in [9.17, 15) is 24.5 Å². The molecule has 11 heteroatoms. The van der Waals surface area contributed by atoms with E-state index >= 15 is 0 Å². The Morgan fingerprint density at radius 3 is 2.73 bits per heavy atom. The lowest BCUT2D eigenvalue weighted by molar-refractivity contribution is -0.385. The molecule has 10 nitrogen and oxygen atoms in total. The van der Waals surface area contributed by atoms with E-state index in [2.05, 4.69) is 15.5 Å². The molecule has 2 aromatic rings. The third-order valence-electron chi connectivity index (χ3n) is 4.64. The summed E-state index contributed by atoms with van der Waals surface area (Å²) >= 11 is 1.36. The number of carbonyl (C=O) groups excluding carboxylic acids is 3. The molecule has 1 aliphatic rings. The van der Waals surface area contributed by atoms with Crippen molar-refractivity contribution in [1.82, 2.24) is 15.1 Å². The topological polar surface area (TPSA) is 135 Å². The van der Waals surface area contributed by atoms with Crippen LogP contribution >= 0.6 is 11.3 Å². The molecule has 0 spiro atoms. The SMILES string of the molecule is CCCc1nnc(NC(=O)CCCCCN2C(=O)c3cccc([N+](=O)[O-])c3C2=O)s1. The molecule has 0 saturated heterocycles. The predicted octanol–water partition coefficient (Wildman–Crippen LogP) is 3.19. The van der Waals surface area contributed by atoms with Crippen LogP contribution in [0.2, 0.25) is 0 Å². The number of nitro benzene ring substituents is 1. The Labute approximate surface area is 176 Å². The van der Waals surface area contributed by atoms with Gasteiger partial charge in [-0.2, -0.15) is 0 Å². The number of hydrogen-bond donors (Lipinski definition) is 1. The van der Waals surface area contributed by atoms with E-state index in [4.69, 9.17) is 0 Å². The number of imide groups is 1. The summed E-state index contributed by atoms with van der Waals surface area (Å²) in [4.78, 5) is 48.4. The van der Waals surface area contributed by atoms with E-state index in [1.54, 1.807) is 0 Å². The number of amides is 3. The van der Waals surface area contributed by atoms with Gasteiger partial charge in [0.1, 0.15) is 10.6 Å². The molecular formula is C19H21N5O5S. The van der Waals surface area contributed by atoms with E-state index < -0.39 is 16.7 Å². The minimum absolute atomic E-state index is 0.0630. The summed E-state index contributed by atoms with van der Waals surface area (Å²) in [5.41, 5.74) is -0.441. The summed E-state index contributed by atoms with van der Waals surface area (Å²) < 4.78 is 0. The first-order valence-corrected chi connectivity index (χ1v) is 10.5. The number of rotatable bonds is 10. The van der Waals surface area contributed by atoms with Gasteiger partial charge in [-0.3, -0.25) is 29.4 Å². The number of unbranched alkanes of at least 4 members (excludes halogenated alkanes) is 2. The normalized spacial score (nSPS) is 12.9. The smallest absolute Gasteiger partial charge is 0.282 e. The van der Waals surface area contributed by atoms with Crippen LogP contribution in [0.15, 0.2) is 18.2 Å². The highest BCUT2D eigenvalue weighted by Gasteiger charge is 2.40. The first-order chi connectivity index (χ1) is 14.4. The lowest BCUT2D eigenvalue weighted by Crippen LogP contribution is -2.30. The summed E-state index contributed by atoms with van der Waals surface area (Å²) in [7, 11) is 0. The number of aryl methyl sites for hydroxylation is 1. The zero-order valence-corrected chi connectivity index (χ0v) is 17.2. The molecule has 1 aromatic carbocycles. The number of carbonyl (C=O) groups is 3. The van der Waals surface area contributed by atoms with Gasteiger partial charge in [0.25, 0.3) is 17.5 Å². The number of benzene rings is 1.